The molecule has 0 aromatic carbocycles. The van der Waals surface area contributed by atoms with Gasteiger partial charge in [0.2, 0.25) is 5.91 Å². The van der Waals surface area contributed by atoms with Crippen LogP contribution in [0.25, 0.3) is 0 Å². The first-order valence-corrected chi connectivity index (χ1v) is 4.46. The molecule has 0 spiro atoms. The zero-order valence-electron chi connectivity index (χ0n) is 8.41. The van der Waals surface area contributed by atoms with Gasteiger partial charge in [-0.2, -0.15) is 0 Å². The lowest BCUT2D eigenvalue weighted by Gasteiger charge is -2.23. The lowest BCUT2D eigenvalue weighted by atomic mass is 10.1. The number of hydrogen-bond acceptors (Lipinski definition) is 2. The number of rotatable bonds is 5. The summed E-state index contributed by atoms with van der Waals surface area (Å²) in [5.41, 5.74) is 0. The largest absolute Gasteiger partial charge is 0.480 e. The van der Waals surface area contributed by atoms with Gasteiger partial charge in [0.15, 0.2) is 0 Å². The average Bonchev–Trinajstić information content (AvgIpc) is 2.04. The first-order chi connectivity index (χ1) is 6.00. The Morgan fingerprint density at radius 3 is 2.31 bits per heavy atom. The lowest BCUT2D eigenvalue weighted by molar-refractivity contribution is -0.148. The van der Waals surface area contributed by atoms with E-state index in [1.165, 1.54) is 18.9 Å². The minimum absolute atomic E-state index is 0.205. The number of carbonyl (C=O) groups excluding carboxylic acids is 1. The third-order valence-corrected chi connectivity index (χ3v) is 2.08. The summed E-state index contributed by atoms with van der Waals surface area (Å²) in [7, 11) is 1.52. The van der Waals surface area contributed by atoms with Gasteiger partial charge in [-0.15, -0.1) is 0 Å². The molecule has 0 unspecified atom stereocenters. The zero-order chi connectivity index (χ0) is 10.4. The van der Waals surface area contributed by atoms with Gasteiger partial charge >= 0.3 is 5.97 Å². The number of hydrogen-bond donors (Lipinski definition) is 1. The molecular weight excluding hydrogens is 170 g/mol. The van der Waals surface area contributed by atoms with E-state index in [1.54, 1.807) is 0 Å². The maximum atomic E-state index is 10.9. The van der Waals surface area contributed by atoms with Crippen molar-refractivity contribution in [3.05, 3.63) is 0 Å². The summed E-state index contributed by atoms with van der Waals surface area (Å²) in [4.78, 5) is 22.9. The second kappa shape index (κ2) is 5.56. The molecule has 0 bridgehead atoms. The van der Waals surface area contributed by atoms with Gasteiger partial charge in [-0.05, 0) is 6.42 Å². The van der Waals surface area contributed by atoms with Gasteiger partial charge in [0.25, 0.3) is 0 Å². The van der Waals surface area contributed by atoms with Gasteiger partial charge < -0.3 is 10.0 Å². The fourth-order valence-corrected chi connectivity index (χ4v) is 1.10. The number of likely N-dealkylation sites (N-methyl/N-ethyl adjacent to an activating group) is 1. The van der Waals surface area contributed by atoms with Gasteiger partial charge in [0.1, 0.15) is 6.04 Å². The first kappa shape index (κ1) is 11.9. The van der Waals surface area contributed by atoms with Gasteiger partial charge in [-0.1, -0.05) is 19.8 Å². The summed E-state index contributed by atoms with van der Waals surface area (Å²) in [6.45, 7) is 3.37. The number of carbonyl (C=O) groups is 2. The molecule has 1 N–H and O–H groups in total. The summed E-state index contributed by atoms with van der Waals surface area (Å²) in [5.74, 6) is -1.13. The summed E-state index contributed by atoms with van der Waals surface area (Å²) in [6.07, 6.45) is 2.30. The normalized spacial score (nSPS) is 12.2. The van der Waals surface area contributed by atoms with Crippen LogP contribution in [0.1, 0.15) is 33.1 Å². The molecule has 0 rings (SSSR count). The van der Waals surface area contributed by atoms with E-state index in [4.69, 9.17) is 5.11 Å². The summed E-state index contributed by atoms with van der Waals surface area (Å²) in [6, 6.07) is -0.669. The summed E-state index contributed by atoms with van der Waals surface area (Å²) < 4.78 is 0. The van der Waals surface area contributed by atoms with E-state index in [1.807, 2.05) is 6.92 Å². The molecule has 0 saturated heterocycles. The van der Waals surface area contributed by atoms with Gasteiger partial charge in [0.05, 0.1) is 0 Å². The molecule has 0 fully saturated rings. The molecule has 13 heavy (non-hydrogen) atoms. The van der Waals surface area contributed by atoms with Crippen molar-refractivity contribution in [2.75, 3.05) is 7.05 Å². The second-order valence-electron chi connectivity index (χ2n) is 3.13. The molecule has 4 nitrogen and oxygen atoms in total. The van der Waals surface area contributed by atoms with Crippen LogP contribution in [0.15, 0.2) is 0 Å². The fraction of sp³-hybridized carbons (Fsp3) is 0.778. The summed E-state index contributed by atoms with van der Waals surface area (Å²) in [5, 5.41) is 8.83. The lowest BCUT2D eigenvalue weighted by Crippen LogP contribution is -2.41. The van der Waals surface area contributed by atoms with E-state index in [0.717, 1.165) is 12.8 Å². The van der Waals surface area contributed by atoms with Crippen molar-refractivity contribution in [1.82, 2.24) is 4.90 Å². The Bertz CT molecular complexity index is 191. The maximum Gasteiger partial charge on any atom is 0.326 e. The Balaban J connectivity index is 4.24. The SMILES string of the molecule is CCCC[C@@H](C(=O)O)N(C)C(C)=O. The highest BCUT2D eigenvalue weighted by Crippen LogP contribution is 2.07. The van der Waals surface area contributed by atoms with Crippen LogP contribution < -0.4 is 0 Å². The monoisotopic (exact) mass is 187 g/mol. The molecule has 0 saturated carbocycles. The molecule has 1 atom stereocenters. The minimum atomic E-state index is -0.925. The summed E-state index contributed by atoms with van der Waals surface area (Å²) >= 11 is 0. The van der Waals surface area contributed by atoms with Crippen LogP contribution in [-0.2, 0) is 9.59 Å². The molecule has 0 aliphatic heterocycles. The van der Waals surface area contributed by atoms with Crippen LogP contribution in [0.5, 0.6) is 0 Å². The van der Waals surface area contributed by atoms with E-state index in [2.05, 4.69) is 0 Å². The number of nitrogens with zero attached hydrogens (tertiary/aromatic N) is 1. The highest BCUT2D eigenvalue weighted by atomic mass is 16.4. The van der Waals surface area contributed by atoms with Gasteiger partial charge in [0, 0.05) is 14.0 Å². The van der Waals surface area contributed by atoms with Gasteiger partial charge in [-0.3, -0.25) is 4.79 Å². The molecule has 0 aromatic heterocycles. The molecule has 0 radical (unpaired) electrons. The van der Waals surface area contributed by atoms with Gasteiger partial charge in [-0.25, -0.2) is 4.79 Å². The third-order valence-electron chi connectivity index (χ3n) is 2.08. The number of carboxylic acid groups (broad SMARTS) is 1. The quantitative estimate of drug-likeness (QED) is 0.701. The Kier molecular flexibility index (Phi) is 5.11. The third kappa shape index (κ3) is 3.92. The molecule has 0 aliphatic rings. The van der Waals surface area contributed by atoms with Crippen molar-refractivity contribution in [2.24, 2.45) is 0 Å². The fourth-order valence-electron chi connectivity index (χ4n) is 1.10. The van der Waals surface area contributed by atoms with Crippen molar-refractivity contribution in [2.45, 2.75) is 39.2 Å². The maximum absolute atomic E-state index is 10.9. The highest BCUT2D eigenvalue weighted by molar-refractivity contribution is 5.81. The molecule has 0 aliphatic carbocycles. The molecule has 0 heterocycles. The Hall–Kier alpha value is -1.06. The molecule has 76 valence electrons. The van der Waals surface area contributed by atoms with Crippen LogP contribution in [-0.4, -0.2) is 35.0 Å². The Morgan fingerprint density at radius 1 is 1.46 bits per heavy atom. The number of carboxylic acids is 1. The standard InChI is InChI=1S/C9H17NO3/c1-4-5-6-8(9(12)13)10(3)7(2)11/h8H,4-6H2,1-3H3,(H,12,13)/t8-/m0/s1. The molecule has 1 amide bonds. The molecule has 0 aromatic rings. The predicted molar refractivity (Wildman–Crippen MR) is 49.4 cm³/mol. The topological polar surface area (TPSA) is 57.6 Å². The predicted octanol–water partition coefficient (Wildman–Crippen LogP) is 1.11. The van der Waals surface area contributed by atoms with Crippen molar-refractivity contribution in [1.29, 1.82) is 0 Å². The minimum Gasteiger partial charge on any atom is -0.480 e. The van der Waals surface area contributed by atoms with E-state index in [-0.39, 0.29) is 5.91 Å². The first-order valence-electron chi connectivity index (χ1n) is 4.46. The van der Waals surface area contributed by atoms with Crippen LogP contribution in [0, 0.1) is 0 Å². The van der Waals surface area contributed by atoms with Crippen LogP contribution in [0.3, 0.4) is 0 Å². The average molecular weight is 187 g/mol. The number of aliphatic carboxylic acids is 1. The molecular formula is C9H17NO3. The Morgan fingerprint density at radius 2 is 2.00 bits per heavy atom. The van der Waals surface area contributed by atoms with Crippen molar-refractivity contribution >= 4 is 11.9 Å². The zero-order valence-corrected chi connectivity index (χ0v) is 8.41. The second-order valence-corrected chi connectivity index (χ2v) is 3.13. The van der Waals surface area contributed by atoms with Crippen molar-refractivity contribution < 1.29 is 14.7 Å². The molecule has 4 heteroatoms. The van der Waals surface area contributed by atoms with Crippen LogP contribution in [0.2, 0.25) is 0 Å². The van der Waals surface area contributed by atoms with E-state index < -0.39 is 12.0 Å². The van der Waals surface area contributed by atoms with Crippen LogP contribution in [0.4, 0.5) is 0 Å². The smallest absolute Gasteiger partial charge is 0.326 e. The highest BCUT2D eigenvalue weighted by Gasteiger charge is 2.23. The van der Waals surface area contributed by atoms with E-state index >= 15 is 0 Å². The van der Waals surface area contributed by atoms with E-state index in [0.29, 0.717) is 6.42 Å². The van der Waals surface area contributed by atoms with Crippen molar-refractivity contribution in [3.8, 4) is 0 Å². The van der Waals surface area contributed by atoms with Crippen molar-refractivity contribution in [3.63, 3.8) is 0 Å². The Labute approximate surface area is 78.5 Å². The number of unbranched alkanes of at least 4 members (excludes halogenated alkanes) is 1. The number of amides is 1. The van der Waals surface area contributed by atoms with E-state index in [9.17, 15) is 9.59 Å². The van der Waals surface area contributed by atoms with Crippen LogP contribution >= 0.6 is 0 Å².